The predicted octanol–water partition coefficient (Wildman–Crippen LogP) is 3.40. The van der Waals surface area contributed by atoms with E-state index in [1.807, 2.05) is 12.1 Å². The van der Waals surface area contributed by atoms with Gasteiger partial charge in [0.05, 0.1) is 21.6 Å². The van der Waals surface area contributed by atoms with Gasteiger partial charge >= 0.3 is 0 Å². The molecule has 3 atom stereocenters. The first-order chi connectivity index (χ1) is 15.3. The third kappa shape index (κ3) is 3.17. The molecule has 3 aromatic heterocycles. The van der Waals surface area contributed by atoms with E-state index in [1.165, 1.54) is 0 Å². The number of aromatic nitrogens is 6. The Morgan fingerprint density at radius 3 is 2.52 bits per heavy atom. The molecule has 3 N–H and O–H groups in total. The Bertz CT molecular complexity index is 1440. The van der Waals surface area contributed by atoms with Crippen molar-refractivity contribution in [3.8, 4) is 11.3 Å². The van der Waals surface area contributed by atoms with Crippen molar-refractivity contribution >= 4 is 63.5 Å². The first-order valence-electron chi connectivity index (χ1n) is 10.6. The van der Waals surface area contributed by atoms with E-state index in [4.69, 9.17) is 33.9 Å². The van der Waals surface area contributed by atoms with Crippen LogP contribution < -0.4 is 16.2 Å². The maximum absolute atomic E-state index is 13.5. The highest BCUT2D eigenvalue weighted by molar-refractivity contribution is 6.43. The number of nitrogens with two attached hydrogens (primary N) is 1. The zero-order valence-electron chi connectivity index (χ0n) is 18.0. The third-order valence-electron chi connectivity index (χ3n) is 6.91. The van der Waals surface area contributed by atoms with Gasteiger partial charge in [-0.05, 0) is 37.8 Å². The molecule has 2 fully saturated rings. The lowest BCUT2D eigenvalue weighted by molar-refractivity contribution is 0.405. The Morgan fingerprint density at radius 2 is 1.82 bits per heavy atom. The maximum Gasteiger partial charge on any atom is 0.266 e. The lowest BCUT2D eigenvalue weighted by Crippen LogP contribution is -2.49. The molecule has 4 aromatic rings. The van der Waals surface area contributed by atoms with Crippen LogP contribution in [0.2, 0.25) is 10.2 Å². The standard InChI is InChI=1S/C21H22Cl2N8O.ClH/c1-29-20(32)15-17(12-5-6-13-14(16(12)22)18(23)30(2)28-13)26-27-19(15)25-21(29)31-10-3-4-11(31)8-9(24)7-10;/h5-6,9-11H,3-4,7-8,24H2,1-2H3,(H,26,27);1H/t9?,10-,11+;. The number of fused-ring (bicyclic) bond motifs is 4. The molecule has 1 unspecified atom stereocenters. The van der Waals surface area contributed by atoms with E-state index in [1.54, 1.807) is 23.3 Å². The number of H-pyrrole nitrogens is 1. The number of halogens is 3. The molecule has 6 rings (SSSR count). The van der Waals surface area contributed by atoms with Crippen LogP contribution in [-0.2, 0) is 14.1 Å². The molecule has 0 saturated carbocycles. The van der Waals surface area contributed by atoms with Gasteiger partial charge in [-0.3, -0.25) is 19.1 Å². The van der Waals surface area contributed by atoms with E-state index in [-0.39, 0.29) is 24.0 Å². The highest BCUT2D eigenvalue weighted by Gasteiger charge is 2.41. The average molecular weight is 510 g/mol. The van der Waals surface area contributed by atoms with Crippen LogP contribution in [0.3, 0.4) is 0 Å². The lowest BCUT2D eigenvalue weighted by Gasteiger charge is -2.38. The van der Waals surface area contributed by atoms with Crippen LogP contribution in [0.4, 0.5) is 5.95 Å². The summed E-state index contributed by atoms with van der Waals surface area (Å²) in [5.41, 5.74) is 8.27. The van der Waals surface area contributed by atoms with Crippen molar-refractivity contribution in [3.63, 3.8) is 0 Å². The Balaban J connectivity index is 0.00000228. The average Bonchev–Trinajstić information content (AvgIpc) is 3.38. The molecular formula is C21H23Cl3N8O. The Morgan fingerprint density at radius 1 is 1.12 bits per heavy atom. The van der Waals surface area contributed by atoms with Crippen molar-refractivity contribution in [2.75, 3.05) is 4.90 Å². The molecular weight excluding hydrogens is 487 g/mol. The van der Waals surface area contributed by atoms with Crippen LogP contribution in [0.15, 0.2) is 16.9 Å². The Kier molecular flexibility index (Phi) is 5.36. The van der Waals surface area contributed by atoms with Crippen molar-refractivity contribution in [1.29, 1.82) is 0 Å². The third-order valence-corrected chi connectivity index (χ3v) is 7.74. The molecule has 5 heterocycles. The number of hydrogen-bond acceptors (Lipinski definition) is 6. The minimum atomic E-state index is -0.170. The number of benzene rings is 1. The van der Waals surface area contributed by atoms with Crippen molar-refractivity contribution in [1.82, 2.24) is 29.5 Å². The normalized spacial score (nSPS) is 22.3. The van der Waals surface area contributed by atoms with Crippen LogP contribution in [0.5, 0.6) is 0 Å². The number of rotatable bonds is 2. The van der Waals surface area contributed by atoms with Crippen molar-refractivity contribution < 1.29 is 0 Å². The minimum absolute atomic E-state index is 0. The summed E-state index contributed by atoms with van der Waals surface area (Å²) < 4.78 is 3.19. The molecule has 2 aliphatic heterocycles. The fourth-order valence-corrected chi connectivity index (χ4v) is 6.04. The summed E-state index contributed by atoms with van der Waals surface area (Å²) in [4.78, 5) is 20.6. The number of nitrogens with zero attached hydrogens (tertiary/aromatic N) is 6. The summed E-state index contributed by atoms with van der Waals surface area (Å²) in [5, 5.41) is 13.6. The molecule has 12 heteroatoms. The van der Waals surface area contributed by atoms with E-state index in [2.05, 4.69) is 20.2 Å². The molecule has 9 nitrogen and oxygen atoms in total. The topological polar surface area (TPSA) is 111 Å². The second kappa shape index (κ2) is 7.87. The van der Waals surface area contributed by atoms with Gasteiger partial charge < -0.3 is 10.6 Å². The largest absolute Gasteiger partial charge is 0.336 e. The quantitative estimate of drug-likeness (QED) is 0.428. The second-order valence-electron chi connectivity index (χ2n) is 8.83. The predicted molar refractivity (Wildman–Crippen MR) is 133 cm³/mol. The van der Waals surface area contributed by atoms with Gasteiger partial charge in [0, 0.05) is 37.8 Å². The van der Waals surface area contributed by atoms with Crippen LogP contribution in [0.25, 0.3) is 33.2 Å². The minimum Gasteiger partial charge on any atom is -0.336 e. The van der Waals surface area contributed by atoms with Gasteiger partial charge in [0.15, 0.2) is 5.65 Å². The molecule has 0 spiro atoms. The van der Waals surface area contributed by atoms with E-state index < -0.39 is 0 Å². The molecule has 2 saturated heterocycles. The number of anilines is 1. The van der Waals surface area contributed by atoms with Gasteiger partial charge in [-0.1, -0.05) is 23.2 Å². The zero-order valence-corrected chi connectivity index (χ0v) is 20.4. The molecule has 0 radical (unpaired) electrons. The smallest absolute Gasteiger partial charge is 0.266 e. The zero-order chi connectivity index (χ0) is 22.3. The Labute approximate surface area is 205 Å². The van der Waals surface area contributed by atoms with Crippen LogP contribution >= 0.6 is 35.6 Å². The highest BCUT2D eigenvalue weighted by Crippen LogP contribution is 2.40. The van der Waals surface area contributed by atoms with Gasteiger partial charge in [-0.2, -0.15) is 15.2 Å². The number of nitrogens with one attached hydrogen (secondary N) is 1. The molecule has 1 aromatic carbocycles. The highest BCUT2D eigenvalue weighted by atomic mass is 35.5. The van der Waals surface area contributed by atoms with Crippen LogP contribution in [-0.4, -0.2) is 47.7 Å². The summed E-state index contributed by atoms with van der Waals surface area (Å²) >= 11 is 13.1. The van der Waals surface area contributed by atoms with Gasteiger partial charge in [0.2, 0.25) is 5.95 Å². The molecule has 0 aliphatic carbocycles. The molecule has 174 valence electrons. The van der Waals surface area contributed by atoms with Crippen molar-refractivity contribution in [2.45, 2.75) is 43.8 Å². The maximum atomic E-state index is 13.5. The van der Waals surface area contributed by atoms with Crippen molar-refractivity contribution in [3.05, 3.63) is 32.7 Å². The molecule has 33 heavy (non-hydrogen) atoms. The summed E-state index contributed by atoms with van der Waals surface area (Å²) in [6.45, 7) is 0. The van der Waals surface area contributed by atoms with E-state index >= 15 is 0 Å². The lowest BCUT2D eigenvalue weighted by atomic mass is 9.98. The molecule has 0 amide bonds. The van der Waals surface area contributed by atoms with E-state index in [0.717, 1.165) is 25.7 Å². The van der Waals surface area contributed by atoms with Crippen molar-refractivity contribution in [2.24, 2.45) is 19.8 Å². The fourth-order valence-electron chi connectivity index (χ4n) is 5.42. The van der Waals surface area contributed by atoms with Gasteiger partial charge in [-0.25, -0.2) is 0 Å². The monoisotopic (exact) mass is 508 g/mol. The van der Waals surface area contributed by atoms with Gasteiger partial charge in [0.25, 0.3) is 5.56 Å². The summed E-state index contributed by atoms with van der Waals surface area (Å²) in [6.07, 6.45) is 3.97. The second-order valence-corrected chi connectivity index (χ2v) is 9.57. The first-order valence-corrected chi connectivity index (χ1v) is 11.4. The molecule has 2 aliphatic rings. The van der Waals surface area contributed by atoms with Crippen LogP contribution in [0, 0.1) is 0 Å². The number of piperidine rings is 1. The summed E-state index contributed by atoms with van der Waals surface area (Å²) in [5.74, 6) is 0.650. The van der Waals surface area contributed by atoms with Gasteiger partial charge in [0.1, 0.15) is 10.5 Å². The molecule has 2 bridgehead atoms. The van der Waals surface area contributed by atoms with E-state index in [9.17, 15) is 4.79 Å². The number of aromatic amines is 1. The summed E-state index contributed by atoms with van der Waals surface area (Å²) in [7, 11) is 3.52. The van der Waals surface area contributed by atoms with Crippen LogP contribution in [0.1, 0.15) is 25.7 Å². The summed E-state index contributed by atoms with van der Waals surface area (Å²) in [6, 6.07) is 4.47. The number of aryl methyl sites for hydroxylation is 1. The van der Waals surface area contributed by atoms with Gasteiger partial charge in [-0.15, -0.1) is 12.4 Å². The first kappa shape index (κ1) is 22.5. The Hall–Kier alpha value is -2.33. The fraction of sp³-hybridized carbons (Fsp3) is 0.429. The number of hydrogen-bond donors (Lipinski definition) is 2. The van der Waals surface area contributed by atoms with E-state index in [0.29, 0.717) is 61.4 Å². The SMILES string of the molecule is Cl.Cn1nc2ccc(-c3[nH]nc4nc(N5[C@@H]6CC[C@H]5CC(N)C6)n(C)c(=O)c34)c(Cl)c2c1Cl.